The summed E-state index contributed by atoms with van der Waals surface area (Å²) in [5.74, 6) is 0. The zero-order valence-corrected chi connectivity index (χ0v) is 11.9. The lowest BCUT2D eigenvalue weighted by molar-refractivity contribution is 0.171. The third kappa shape index (κ3) is 3.33. The number of aryl methyl sites for hydroxylation is 2. The normalized spacial score (nSPS) is 16.8. The fraction of sp³-hybridized carbons (Fsp3) is 0.625. The summed E-state index contributed by atoms with van der Waals surface area (Å²) in [7, 11) is 1.79. The number of hydrogen-bond donors (Lipinski definition) is 1. The molecule has 1 aliphatic rings. The van der Waals surface area contributed by atoms with Crippen molar-refractivity contribution < 1.29 is 4.74 Å². The zero-order chi connectivity index (χ0) is 13.0. The molecule has 0 unspecified atom stereocenters. The number of ether oxygens (including phenoxy) is 1. The second kappa shape index (κ2) is 5.85. The van der Waals surface area contributed by atoms with Gasteiger partial charge in [-0.1, -0.05) is 18.2 Å². The molecule has 1 fully saturated rings. The van der Waals surface area contributed by atoms with Crippen LogP contribution in [0.2, 0.25) is 0 Å². The van der Waals surface area contributed by atoms with E-state index in [9.17, 15) is 0 Å². The largest absolute Gasteiger partial charge is 0.385 e. The van der Waals surface area contributed by atoms with Gasteiger partial charge < -0.3 is 10.1 Å². The van der Waals surface area contributed by atoms with Crippen molar-refractivity contribution in [3.63, 3.8) is 0 Å². The summed E-state index contributed by atoms with van der Waals surface area (Å²) >= 11 is 0. The van der Waals surface area contributed by atoms with Crippen LogP contribution in [-0.4, -0.2) is 20.3 Å². The highest BCUT2D eigenvalue weighted by molar-refractivity contribution is 5.33. The van der Waals surface area contributed by atoms with Gasteiger partial charge in [0.25, 0.3) is 0 Å². The topological polar surface area (TPSA) is 21.3 Å². The number of methoxy groups -OCH3 is 1. The Balaban J connectivity index is 1.82. The van der Waals surface area contributed by atoms with Crippen molar-refractivity contribution in [3.8, 4) is 0 Å². The van der Waals surface area contributed by atoms with Crippen LogP contribution in [0.5, 0.6) is 0 Å². The number of rotatable bonds is 7. The average Bonchev–Trinajstić information content (AvgIpc) is 3.11. The molecule has 0 aromatic heterocycles. The van der Waals surface area contributed by atoms with Crippen molar-refractivity contribution >= 4 is 0 Å². The van der Waals surface area contributed by atoms with Crippen LogP contribution < -0.4 is 5.32 Å². The Bertz CT molecular complexity index is 376. The second-order valence-corrected chi connectivity index (χ2v) is 5.72. The molecule has 0 spiro atoms. The molecule has 1 saturated carbocycles. The molecule has 1 aliphatic carbocycles. The summed E-state index contributed by atoms with van der Waals surface area (Å²) in [4.78, 5) is 0. The van der Waals surface area contributed by atoms with Gasteiger partial charge in [-0.25, -0.2) is 0 Å². The highest BCUT2D eigenvalue weighted by Gasteiger charge is 2.41. The quantitative estimate of drug-likeness (QED) is 0.799. The van der Waals surface area contributed by atoms with Crippen molar-refractivity contribution in [2.75, 3.05) is 20.3 Å². The van der Waals surface area contributed by atoms with Gasteiger partial charge in [-0.3, -0.25) is 0 Å². The predicted octanol–water partition coefficient (Wildman–Crippen LogP) is 3.21. The fourth-order valence-corrected chi connectivity index (χ4v) is 2.59. The Morgan fingerprint density at radius 2 is 1.89 bits per heavy atom. The first kappa shape index (κ1) is 13.6. The van der Waals surface area contributed by atoms with Gasteiger partial charge >= 0.3 is 0 Å². The summed E-state index contributed by atoms with van der Waals surface area (Å²) in [5, 5.41) is 3.64. The summed E-state index contributed by atoms with van der Waals surface area (Å²) in [6.45, 7) is 7.41. The zero-order valence-electron chi connectivity index (χ0n) is 11.9. The van der Waals surface area contributed by atoms with Crippen LogP contribution in [0.1, 0.15) is 36.0 Å². The smallest absolute Gasteiger partial charge is 0.0468 e. The fourth-order valence-electron chi connectivity index (χ4n) is 2.59. The van der Waals surface area contributed by atoms with Crippen molar-refractivity contribution in [1.82, 2.24) is 5.32 Å². The molecule has 0 saturated heterocycles. The van der Waals surface area contributed by atoms with E-state index in [-0.39, 0.29) is 0 Å². The first-order chi connectivity index (χ1) is 8.67. The molecule has 2 heteroatoms. The standard InChI is InChI=1S/C16H25NO/c1-13-5-4-6-14(2)15(13)11-17-12-16(7-8-16)9-10-18-3/h4-6,17H,7-12H2,1-3H3. The Hall–Kier alpha value is -0.860. The van der Waals surface area contributed by atoms with Crippen molar-refractivity contribution in [1.29, 1.82) is 0 Å². The Labute approximate surface area is 111 Å². The molecule has 18 heavy (non-hydrogen) atoms. The maximum Gasteiger partial charge on any atom is 0.0468 e. The molecule has 2 nitrogen and oxygen atoms in total. The van der Waals surface area contributed by atoms with Crippen LogP contribution in [0.25, 0.3) is 0 Å². The van der Waals surface area contributed by atoms with Gasteiger partial charge in [0, 0.05) is 26.8 Å². The number of hydrogen-bond acceptors (Lipinski definition) is 2. The van der Waals surface area contributed by atoms with Crippen LogP contribution in [0, 0.1) is 19.3 Å². The van der Waals surface area contributed by atoms with Gasteiger partial charge in [0.15, 0.2) is 0 Å². The summed E-state index contributed by atoms with van der Waals surface area (Å²) in [6, 6.07) is 6.53. The molecule has 2 rings (SSSR count). The van der Waals surface area contributed by atoms with Gasteiger partial charge in [0.1, 0.15) is 0 Å². The van der Waals surface area contributed by atoms with E-state index in [2.05, 4.69) is 37.4 Å². The van der Waals surface area contributed by atoms with Crippen LogP contribution in [0.3, 0.4) is 0 Å². The molecule has 100 valence electrons. The van der Waals surface area contributed by atoms with Gasteiger partial charge in [-0.15, -0.1) is 0 Å². The van der Waals surface area contributed by atoms with Crippen LogP contribution in [0.4, 0.5) is 0 Å². The van der Waals surface area contributed by atoms with Gasteiger partial charge in [-0.2, -0.15) is 0 Å². The third-order valence-electron chi connectivity index (χ3n) is 4.24. The Kier molecular flexibility index (Phi) is 4.41. The van der Waals surface area contributed by atoms with Crippen LogP contribution >= 0.6 is 0 Å². The minimum Gasteiger partial charge on any atom is -0.385 e. The monoisotopic (exact) mass is 247 g/mol. The van der Waals surface area contributed by atoms with E-state index in [1.165, 1.54) is 36.0 Å². The minimum atomic E-state index is 0.534. The predicted molar refractivity (Wildman–Crippen MR) is 75.8 cm³/mol. The first-order valence-corrected chi connectivity index (χ1v) is 6.92. The van der Waals surface area contributed by atoms with Gasteiger partial charge in [0.2, 0.25) is 0 Å². The van der Waals surface area contributed by atoms with Gasteiger partial charge in [-0.05, 0) is 55.2 Å². The van der Waals surface area contributed by atoms with E-state index in [1.807, 2.05) is 0 Å². The lowest BCUT2D eigenvalue weighted by Crippen LogP contribution is -2.25. The first-order valence-electron chi connectivity index (χ1n) is 6.92. The Morgan fingerprint density at radius 1 is 1.22 bits per heavy atom. The molecule has 0 aliphatic heterocycles. The average molecular weight is 247 g/mol. The van der Waals surface area contributed by atoms with Crippen molar-refractivity contribution in [3.05, 3.63) is 34.9 Å². The van der Waals surface area contributed by atoms with Crippen LogP contribution in [0.15, 0.2) is 18.2 Å². The summed E-state index contributed by atoms with van der Waals surface area (Å²) in [6.07, 6.45) is 3.91. The van der Waals surface area contributed by atoms with E-state index in [4.69, 9.17) is 4.74 Å². The maximum atomic E-state index is 5.19. The van der Waals surface area contributed by atoms with Crippen molar-refractivity contribution in [2.24, 2.45) is 5.41 Å². The highest BCUT2D eigenvalue weighted by atomic mass is 16.5. The van der Waals surface area contributed by atoms with E-state index < -0.39 is 0 Å². The lowest BCUT2D eigenvalue weighted by Gasteiger charge is -2.17. The molecule has 0 bridgehead atoms. The maximum absolute atomic E-state index is 5.19. The molecule has 0 amide bonds. The minimum absolute atomic E-state index is 0.534. The number of nitrogens with one attached hydrogen (secondary N) is 1. The van der Waals surface area contributed by atoms with E-state index >= 15 is 0 Å². The molecule has 0 atom stereocenters. The van der Waals surface area contributed by atoms with E-state index in [1.54, 1.807) is 7.11 Å². The summed E-state index contributed by atoms with van der Waals surface area (Å²) < 4.78 is 5.19. The molecular weight excluding hydrogens is 222 g/mol. The molecule has 0 radical (unpaired) electrons. The van der Waals surface area contributed by atoms with Crippen molar-refractivity contribution in [2.45, 2.75) is 39.7 Å². The molecule has 1 aromatic rings. The molecular formula is C16H25NO. The SMILES string of the molecule is COCCC1(CNCc2c(C)cccc2C)CC1. The highest BCUT2D eigenvalue weighted by Crippen LogP contribution is 2.48. The molecule has 1 aromatic carbocycles. The van der Waals surface area contributed by atoms with Gasteiger partial charge in [0.05, 0.1) is 0 Å². The Morgan fingerprint density at radius 3 is 2.44 bits per heavy atom. The lowest BCUT2D eigenvalue weighted by atomic mass is 10.0. The van der Waals surface area contributed by atoms with E-state index in [0.717, 1.165) is 19.7 Å². The molecule has 0 heterocycles. The molecule has 1 N–H and O–H groups in total. The summed E-state index contributed by atoms with van der Waals surface area (Å²) in [5.41, 5.74) is 4.78. The van der Waals surface area contributed by atoms with Crippen LogP contribution in [-0.2, 0) is 11.3 Å². The second-order valence-electron chi connectivity index (χ2n) is 5.72. The van der Waals surface area contributed by atoms with E-state index in [0.29, 0.717) is 5.41 Å². The number of benzene rings is 1. The third-order valence-corrected chi connectivity index (χ3v) is 4.24.